The molecule has 24 heavy (non-hydrogen) atoms. The number of esters is 1. The van der Waals surface area contributed by atoms with E-state index in [1.54, 1.807) is 30.3 Å². The van der Waals surface area contributed by atoms with Crippen LogP contribution in [0.25, 0.3) is 0 Å². The lowest BCUT2D eigenvalue weighted by atomic mass is 10.2. The van der Waals surface area contributed by atoms with Crippen molar-refractivity contribution in [1.29, 1.82) is 0 Å². The van der Waals surface area contributed by atoms with Crippen LogP contribution in [-0.4, -0.2) is 42.9 Å². The number of hydrazine groups is 1. The van der Waals surface area contributed by atoms with Crippen LogP contribution in [0.15, 0.2) is 30.5 Å². The molecule has 1 aromatic rings. The van der Waals surface area contributed by atoms with Crippen LogP contribution in [0.2, 0.25) is 5.02 Å². The average molecular weight is 354 g/mol. The number of para-hydroxylation sites is 1. The van der Waals surface area contributed by atoms with Crippen LogP contribution in [0.4, 0.5) is 10.5 Å². The number of nitrogens with zero attached hydrogens (tertiary/aromatic N) is 1. The number of carbonyl (C=O) groups excluding carboxylic acids is 2. The van der Waals surface area contributed by atoms with Gasteiger partial charge in [-0.05, 0) is 25.5 Å². The number of benzene rings is 1. The molecule has 0 radical (unpaired) electrons. The first kappa shape index (κ1) is 18.1. The Hall–Kier alpha value is -2.25. The normalized spacial score (nSPS) is 14.4. The summed E-state index contributed by atoms with van der Waals surface area (Å²) in [6.07, 6.45) is 1.82. The number of hydrogen-bond acceptors (Lipinski definition) is 6. The van der Waals surface area contributed by atoms with E-state index in [1.807, 2.05) is 19.1 Å². The van der Waals surface area contributed by atoms with Gasteiger partial charge in [0, 0.05) is 12.7 Å². The second-order valence-corrected chi connectivity index (χ2v) is 5.51. The molecular weight excluding hydrogens is 334 g/mol. The highest BCUT2D eigenvalue weighted by Gasteiger charge is 2.27. The lowest BCUT2D eigenvalue weighted by molar-refractivity contribution is -0.153. The van der Waals surface area contributed by atoms with E-state index in [-0.39, 0.29) is 13.2 Å². The summed E-state index contributed by atoms with van der Waals surface area (Å²) in [5.41, 5.74) is 4.25. The first-order valence-corrected chi connectivity index (χ1v) is 7.95. The van der Waals surface area contributed by atoms with Crippen LogP contribution in [0.3, 0.4) is 0 Å². The maximum Gasteiger partial charge on any atom is 0.412 e. The summed E-state index contributed by atoms with van der Waals surface area (Å²) in [6.45, 7) is 4.50. The SMILES string of the molecule is CCOC(=O)C(CN1C=CCN1)OC(=O)Nc1c(C)cccc1Cl. The third-order valence-electron chi connectivity index (χ3n) is 3.31. The minimum atomic E-state index is -1.07. The number of amides is 1. The summed E-state index contributed by atoms with van der Waals surface area (Å²) < 4.78 is 10.2. The molecule has 1 heterocycles. The van der Waals surface area contributed by atoms with E-state index >= 15 is 0 Å². The van der Waals surface area contributed by atoms with Gasteiger partial charge < -0.3 is 14.5 Å². The van der Waals surface area contributed by atoms with Crippen LogP contribution < -0.4 is 10.7 Å². The number of hydrogen-bond donors (Lipinski definition) is 2. The molecule has 2 rings (SSSR count). The molecule has 130 valence electrons. The van der Waals surface area contributed by atoms with Crippen molar-refractivity contribution in [1.82, 2.24) is 10.4 Å². The zero-order chi connectivity index (χ0) is 17.5. The second kappa shape index (κ2) is 8.56. The lowest BCUT2D eigenvalue weighted by Crippen LogP contribution is -2.43. The van der Waals surface area contributed by atoms with Crippen molar-refractivity contribution in [2.45, 2.75) is 20.0 Å². The Labute approximate surface area is 145 Å². The number of aryl methyl sites for hydroxylation is 1. The predicted octanol–water partition coefficient (Wildman–Crippen LogP) is 2.46. The molecule has 1 aliphatic heterocycles. The van der Waals surface area contributed by atoms with Crippen molar-refractivity contribution >= 4 is 29.4 Å². The number of rotatable bonds is 6. The molecule has 0 aromatic heterocycles. The van der Waals surface area contributed by atoms with Gasteiger partial charge in [-0.1, -0.05) is 29.8 Å². The van der Waals surface area contributed by atoms with Crippen LogP contribution in [0.1, 0.15) is 12.5 Å². The van der Waals surface area contributed by atoms with E-state index in [4.69, 9.17) is 21.1 Å². The molecule has 0 saturated carbocycles. The van der Waals surface area contributed by atoms with E-state index in [9.17, 15) is 9.59 Å². The van der Waals surface area contributed by atoms with Gasteiger partial charge >= 0.3 is 12.1 Å². The van der Waals surface area contributed by atoms with E-state index in [2.05, 4.69) is 10.7 Å². The third-order valence-corrected chi connectivity index (χ3v) is 3.62. The Morgan fingerprint density at radius 3 is 2.88 bits per heavy atom. The molecule has 0 bridgehead atoms. The predicted molar refractivity (Wildman–Crippen MR) is 90.6 cm³/mol. The molecule has 1 unspecified atom stereocenters. The first-order chi connectivity index (χ1) is 11.5. The fraction of sp³-hybridized carbons (Fsp3) is 0.375. The molecule has 0 fully saturated rings. The Bertz CT molecular complexity index is 615. The first-order valence-electron chi connectivity index (χ1n) is 7.57. The van der Waals surface area contributed by atoms with Crippen molar-refractivity contribution in [3.63, 3.8) is 0 Å². The van der Waals surface area contributed by atoms with Crippen LogP contribution in [-0.2, 0) is 14.3 Å². The molecule has 1 aliphatic rings. The number of nitrogens with one attached hydrogen (secondary N) is 2. The maximum atomic E-state index is 12.2. The highest BCUT2D eigenvalue weighted by atomic mass is 35.5. The number of anilines is 1. The molecule has 0 saturated heterocycles. The monoisotopic (exact) mass is 353 g/mol. The summed E-state index contributed by atoms with van der Waals surface area (Å²) in [4.78, 5) is 24.2. The van der Waals surface area contributed by atoms with Gasteiger partial charge in [0.15, 0.2) is 0 Å². The van der Waals surface area contributed by atoms with Crippen LogP contribution in [0.5, 0.6) is 0 Å². The average Bonchev–Trinajstić information content (AvgIpc) is 3.04. The smallest absolute Gasteiger partial charge is 0.412 e. The topological polar surface area (TPSA) is 79.9 Å². The van der Waals surface area contributed by atoms with E-state index in [0.29, 0.717) is 17.3 Å². The van der Waals surface area contributed by atoms with Gasteiger partial charge in [0.2, 0.25) is 6.10 Å². The van der Waals surface area contributed by atoms with Gasteiger partial charge in [-0.25, -0.2) is 15.0 Å². The highest BCUT2D eigenvalue weighted by Crippen LogP contribution is 2.25. The molecule has 0 spiro atoms. The largest absolute Gasteiger partial charge is 0.463 e. The summed E-state index contributed by atoms with van der Waals surface area (Å²) in [6, 6.07) is 5.25. The van der Waals surface area contributed by atoms with Crippen molar-refractivity contribution in [2.75, 3.05) is 25.0 Å². The van der Waals surface area contributed by atoms with Crippen molar-refractivity contribution in [3.05, 3.63) is 41.1 Å². The summed E-state index contributed by atoms with van der Waals surface area (Å²) in [5.74, 6) is -0.606. The highest BCUT2D eigenvalue weighted by molar-refractivity contribution is 6.33. The van der Waals surface area contributed by atoms with Gasteiger partial charge in [-0.2, -0.15) is 0 Å². The molecular formula is C16H20ClN3O4. The minimum absolute atomic E-state index is 0.143. The quantitative estimate of drug-likeness (QED) is 0.765. The van der Waals surface area contributed by atoms with Crippen LogP contribution in [0, 0.1) is 6.92 Å². The number of carbonyl (C=O) groups is 2. The molecule has 8 heteroatoms. The third kappa shape index (κ3) is 4.87. The number of ether oxygens (including phenoxy) is 2. The molecule has 1 amide bonds. The maximum absolute atomic E-state index is 12.2. The van der Waals surface area contributed by atoms with Gasteiger partial charge in [-0.15, -0.1) is 0 Å². The number of halogens is 1. The zero-order valence-electron chi connectivity index (χ0n) is 13.5. The van der Waals surface area contributed by atoms with Gasteiger partial charge in [-0.3, -0.25) is 5.32 Å². The molecule has 1 aromatic carbocycles. The van der Waals surface area contributed by atoms with Crippen molar-refractivity contribution < 1.29 is 19.1 Å². The lowest BCUT2D eigenvalue weighted by Gasteiger charge is -2.23. The Morgan fingerprint density at radius 1 is 1.46 bits per heavy atom. The standard InChI is InChI=1S/C16H20ClN3O4/c1-3-23-15(21)13(10-20-9-5-8-18-20)24-16(22)19-14-11(2)6-4-7-12(14)17/h4-7,9,13,18H,3,8,10H2,1-2H3,(H,19,22). The van der Waals surface area contributed by atoms with E-state index in [1.165, 1.54) is 0 Å². The summed E-state index contributed by atoms with van der Waals surface area (Å²) in [7, 11) is 0. The fourth-order valence-corrected chi connectivity index (χ4v) is 2.42. The summed E-state index contributed by atoms with van der Waals surface area (Å²) >= 11 is 6.07. The zero-order valence-corrected chi connectivity index (χ0v) is 14.3. The molecule has 7 nitrogen and oxygen atoms in total. The molecule has 2 N–H and O–H groups in total. The van der Waals surface area contributed by atoms with Crippen molar-refractivity contribution in [3.8, 4) is 0 Å². The van der Waals surface area contributed by atoms with E-state index in [0.717, 1.165) is 5.56 Å². The van der Waals surface area contributed by atoms with Crippen LogP contribution >= 0.6 is 11.6 Å². The Morgan fingerprint density at radius 2 is 2.25 bits per heavy atom. The van der Waals surface area contributed by atoms with E-state index < -0.39 is 18.2 Å². The Balaban J connectivity index is 2.02. The van der Waals surface area contributed by atoms with Crippen molar-refractivity contribution in [2.24, 2.45) is 0 Å². The summed E-state index contributed by atoms with van der Waals surface area (Å²) in [5, 5.41) is 4.63. The molecule has 1 atom stereocenters. The minimum Gasteiger partial charge on any atom is -0.463 e. The van der Waals surface area contributed by atoms with Gasteiger partial charge in [0.25, 0.3) is 0 Å². The second-order valence-electron chi connectivity index (χ2n) is 5.10. The Kier molecular flexibility index (Phi) is 6.45. The van der Waals surface area contributed by atoms with Gasteiger partial charge in [0.05, 0.1) is 23.9 Å². The molecule has 0 aliphatic carbocycles. The van der Waals surface area contributed by atoms with Gasteiger partial charge in [0.1, 0.15) is 0 Å². The fourth-order valence-electron chi connectivity index (χ4n) is 2.15.